The zero-order valence-electron chi connectivity index (χ0n) is 14.5. The molecule has 6 nitrogen and oxygen atoms in total. The molecule has 3 rings (SSSR count). The predicted molar refractivity (Wildman–Crippen MR) is 94.3 cm³/mol. The lowest BCUT2D eigenvalue weighted by Crippen LogP contribution is -2.11. The highest BCUT2D eigenvalue weighted by molar-refractivity contribution is 6.03. The molecule has 130 valence electrons. The molecule has 0 spiro atoms. The third kappa shape index (κ3) is 2.87. The second-order valence-corrected chi connectivity index (χ2v) is 5.33. The van der Waals surface area contributed by atoms with Gasteiger partial charge in [0, 0.05) is 17.1 Å². The van der Waals surface area contributed by atoms with Crippen LogP contribution in [0.5, 0.6) is 23.0 Å². The number of fused-ring (bicyclic) bond motifs is 1. The van der Waals surface area contributed by atoms with Crippen molar-refractivity contribution in [3.05, 3.63) is 48.2 Å². The molecule has 0 atom stereocenters. The Morgan fingerprint density at radius 2 is 1.52 bits per heavy atom. The third-order valence-electron chi connectivity index (χ3n) is 4.03. The summed E-state index contributed by atoms with van der Waals surface area (Å²) in [5, 5.41) is 0.917. The van der Waals surface area contributed by atoms with E-state index < -0.39 is 0 Å². The van der Waals surface area contributed by atoms with Crippen LogP contribution < -0.4 is 18.9 Å². The van der Waals surface area contributed by atoms with Crippen LogP contribution in [0.25, 0.3) is 10.9 Å². The Balaban J connectivity index is 2.09. The number of hydrogen-bond donors (Lipinski definition) is 0. The molecule has 0 unspecified atom stereocenters. The summed E-state index contributed by atoms with van der Waals surface area (Å²) < 4.78 is 22.7. The van der Waals surface area contributed by atoms with Crippen LogP contribution in [-0.4, -0.2) is 38.9 Å². The number of carbonyl (C=O) groups is 1. The van der Waals surface area contributed by atoms with E-state index in [2.05, 4.69) is 0 Å². The van der Waals surface area contributed by atoms with Crippen molar-refractivity contribution in [3.8, 4) is 23.0 Å². The Kier molecular flexibility index (Phi) is 4.52. The van der Waals surface area contributed by atoms with Gasteiger partial charge in [0.25, 0.3) is 5.91 Å². The molecule has 0 amide bonds. The van der Waals surface area contributed by atoms with Crippen LogP contribution in [0.15, 0.2) is 42.6 Å². The van der Waals surface area contributed by atoms with Gasteiger partial charge in [0.2, 0.25) is 5.75 Å². The summed E-state index contributed by atoms with van der Waals surface area (Å²) in [7, 11) is 6.17. The largest absolute Gasteiger partial charge is 0.497 e. The van der Waals surface area contributed by atoms with Crippen molar-refractivity contribution >= 4 is 16.8 Å². The van der Waals surface area contributed by atoms with Gasteiger partial charge in [-0.3, -0.25) is 9.36 Å². The summed E-state index contributed by atoms with van der Waals surface area (Å²) in [6, 6.07) is 10.7. The first-order valence-corrected chi connectivity index (χ1v) is 7.62. The molecule has 0 saturated carbocycles. The van der Waals surface area contributed by atoms with E-state index in [-0.39, 0.29) is 5.91 Å². The summed E-state index contributed by atoms with van der Waals surface area (Å²) in [4.78, 5) is 13.0. The molecule has 25 heavy (non-hydrogen) atoms. The Hall–Kier alpha value is -3.15. The van der Waals surface area contributed by atoms with Gasteiger partial charge in [-0.2, -0.15) is 0 Å². The fourth-order valence-electron chi connectivity index (χ4n) is 2.77. The fraction of sp³-hybridized carbons (Fsp3) is 0.211. The van der Waals surface area contributed by atoms with Crippen LogP contribution in [-0.2, 0) is 0 Å². The Morgan fingerprint density at radius 1 is 0.840 bits per heavy atom. The van der Waals surface area contributed by atoms with Crippen LogP contribution in [0.3, 0.4) is 0 Å². The molecule has 1 aromatic heterocycles. The molecule has 0 fully saturated rings. The molecule has 0 bridgehead atoms. The molecule has 0 saturated heterocycles. The van der Waals surface area contributed by atoms with E-state index in [0.717, 1.165) is 16.7 Å². The van der Waals surface area contributed by atoms with Crippen molar-refractivity contribution in [3.63, 3.8) is 0 Å². The lowest BCUT2D eigenvalue weighted by molar-refractivity contribution is 0.0964. The number of carbonyl (C=O) groups excluding carboxylic acids is 1. The first-order valence-electron chi connectivity index (χ1n) is 7.62. The number of nitrogens with zero attached hydrogens (tertiary/aromatic N) is 1. The topological polar surface area (TPSA) is 58.9 Å². The Labute approximate surface area is 145 Å². The van der Waals surface area contributed by atoms with Crippen molar-refractivity contribution in [2.45, 2.75) is 0 Å². The molecule has 3 aromatic rings. The minimum atomic E-state index is -0.195. The van der Waals surface area contributed by atoms with Gasteiger partial charge >= 0.3 is 0 Å². The van der Waals surface area contributed by atoms with Crippen LogP contribution in [0.2, 0.25) is 0 Å². The SMILES string of the molecule is COc1ccc2c(ccn2C(=O)c2cc(OC)c(OC)c(OC)c2)c1. The molecule has 0 aliphatic rings. The molecular weight excluding hydrogens is 322 g/mol. The van der Waals surface area contributed by atoms with E-state index in [4.69, 9.17) is 18.9 Å². The van der Waals surface area contributed by atoms with Gasteiger partial charge in [0.1, 0.15) is 5.75 Å². The quantitative estimate of drug-likeness (QED) is 0.712. The number of methoxy groups -OCH3 is 4. The second kappa shape index (κ2) is 6.76. The molecular formula is C19H19NO5. The molecule has 6 heteroatoms. The Bertz CT molecular complexity index is 904. The van der Waals surface area contributed by atoms with Gasteiger partial charge in [-0.25, -0.2) is 0 Å². The number of rotatable bonds is 5. The monoisotopic (exact) mass is 341 g/mol. The molecule has 0 aliphatic carbocycles. The van der Waals surface area contributed by atoms with E-state index in [1.165, 1.54) is 21.3 Å². The first kappa shape index (κ1) is 16.7. The van der Waals surface area contributed by atoms with Gasteiger partial charge in [-0.15, -0.1) is 0 Å². The van der Waals surface area contributed by atoms with Gasteiger partial charge in [0.05, 0.1) is 34.0 Å². The first-order chi connectivity index (χ1) is 12.1. The number of aromatic nitrogens is 1. The fourth-order valence-corrected chi connectivity index (χ4v) is 2.77. The third-order valence-corrected chi connectivity index (χ3v) is 4.03. The van der Waals surface area contributed by atoms with E-state index in [1.54, 1.807) is 30.0 Å². The lowest BCUT2D eigenvalue weighted by Gasteiger charge is -2.14. The minimum absolute atomic E-state index is 0.195. The molecule has 0 aliphatic heterocycles. The van der Waals surface area contributed by atoms with E-state index in [1.807, 2.05) is 24.3 Å². The summed E-state index contributed by atoms with van der Waals surface area (Å²) in [5.41, 5.74) is 1.22. The molecule has 0 N–H and O–H groups in total. The van der Waals surface area contributed by atoms with Gasteiger partial charge < -0.3 is 18.9 Å². The standard InChI is InChI=1S/C19H19NO5/c1-22-14-5-6-15-12(9-14)7-8-20(15)19(21)13-10-16(23-2)18(25-4)17(11-13)24-3/h5-11H,1-4H3. The predicted octanol–water partition coefficient (Wildman–Crippen LogP) is 3.36. The molecule has 2 aromatic carbocycles. The molecule has 1 heterocycles. The molecule has 0 radical (unpaired) electrons. The van der Waals surface area contributed by atoms with Crippen LogP contribution in [0, 0.1) is 0 Å². The van der Waals surface area contributed by atoms with Crippen LogP contribution in [0.4, 0.5) is 0 Å². The number of benzene rings is 2. The van der Waals surface area contributed by atoms with E-state index >= 15 is 0 Å². The minimum Gasteiger partial charge on any atom is -0.497 e. The van der Waals surface area contributed by atoms with Crippen molar-refractivity contribution in [2.24, 2.45) is 0 Å². The van der Waals surface area contributed by atoms with Gasteiger partial charge in [-0.1, -0.05) is 0 Å². The maximum Gasteiger partial charge on any atom is 0.262 e. The summed E-state index contributed by atoms with van der Waals surface area (Å²) in [5.74, 6) is 1.86. The number of ether oxygens (including phenoxy) is 4. The smallest absolute Gasteiger partial charge is 0.262 e. The zero-order valence-corrected chi connectivity index (χ0v) is 14.5. The van der Waals surface area contributed by atoms with Crippen molar-refractivity contribution in [1.82, 2.24) is 4.57 Å². The maximum absolute atomic E-state index is 13.0. The van der Waals surface area contributed by atoms with Crippen molar-refractivity contribution in [2.75, 3.05) is 28.4 Å². The highest BCUT2D eigenvalue weighted by Gasteiger charge is 2.19. The second-order valence-electron chi connectivity index (χ2n) is 5.33. The summed E-state index contributed by atoms with van der Waals surface area (Å²) in [6.07, 6.45) is 1.73. The normalized spacial score (nSPS) is 10.6. The van der Waals surface area contributed by atoms with Crippen molar-refractivity contribution < 1.29 is 23.7 Å². The van der Waals surface area contributed by atoms with Gasteiger partial charge in [-0.05, 0) is 36.4 Å². The van der Waals surface area contributed by atoms with Crippen LogP contribution >= 0.6 is 0 Å². The average Bonchev–Trinajstić information content (AvgIpc) is 3.08. The maximum atomic E-state index is 13.0. The van der Waals surface area contributed by atoms with Crippen LogP contribution in [0.1, 0.15) is 10.4 Å². The highest BCUT2D eigenvalue weighted by atomic mass is 16.5. The van der Waals surface area contributed by atoms with E-state index in [0.29, 0.717) is 22.8 Å². The Morgan fingerprint density at radius 3 is 2.08 bits per heavy atom. The summed E-state index contributed by atoms with van der Waals surface area (Å²) in [6.45, 7) is 0. The lowest BCUT2D eigenvalue weighted by atomic mass is 10.1. The van der Waals surface area contributed by atoms with E-state index in [9.17, 15) is 4.79 Å². The zero-order chi connectivity index (χ0) is 18.0. The summed E-state index contributed by atoms with van der Waals surface area (Å²) >= 11 is 0. The highest BCUT2D eigenvalue weighted by Crippen LogP contribution is 2.38. The number of hydrogen-bond acceptors (Lipinski definition) is 5. The average molecular weight is 341 g/mol. The van der Waals surface area contributed by atoms with Crippen molar-refractivity contribution in [1.29, 1.82) is 0 Å². The van der Waals surface area contributed by atoms with Gasteiger partial charge in [0.15, 0.2) is 11.5 Å².